The van der Waals surface area contributed by atoms with Crippen LogP contribution < -0.4 is 0 Å². The lowest BCUT2D eigenvalue weighted by Crippen LogP contribution is -1.86. The van der Waals surface area contributed by atoms with E-state index in [2.05, 4.69) is 16.9 Å². The fourth-order valence-corrected chi connectivity index (χ4v) is 0.574. The van der Waals surface area contributed by atoms with Crippen LogP contribution in [-0.4, -0.2) is 9.78 Å². The molecule has 3 nitrogen and oxygen atoms in total. The highest BCUT2D eigenvalue weighted by Crippen LogP contribution is 1.88. The van der Waals surface area contributed by atoms with Crippen LogP contribution in [-0.2, 0) is 7.05 Å². The fraction of sp³-hybridized carbons (Fsp3) is 0.143. The lowest BCUT2D eigenvalue weighted by atomic mass is 10.4. The summed E-state index contributed by atoms with van der Waals surface area (Å²) >= 11 is 0. The summed E-state index contributed by atoms with van der Waals surface area (Å²) in [5.74, 6) is 4.83. The predicted molar refractivity (Wildman–Crippen MR) is 35.7 cm³/mol. The molecule has 0 aliphatic heterocycles. The van der Waals surface area contributed by atoms with E-state index < -0.39 is 0 Å². The van der Waals surface area contributed by atoms with Crippen LogP contribution in [0.25, 0.3) is 0 Å². The standard InChI is InChI=1S/C7H5N3/c1-10-6-4-7(9-10)3-2-5-8/h4,6H,1H3. The summed E-state index contributed by atoms with van der Waals surface area (Å²) in [5.41, 5.74) is 0.629. The molecule has 0 unspecified atom stereocenters. The van der Waals surface area contributed by atoms with Crippen LogP contribution in [0.15, 0.2) is 12.3 Å². The molecule has 0 aromatic carbocycles. The molecule has 0 fully saturated rings. The first kappa shape index (κ1) is 6.38. The van der Waals surface area contributed by atoms with E-state index in [4.69, 9.17) is 5.26 Å². The van der Waals surface area contributed by atoms with Gasteiger partial charge in [0.25, 0.3) is 0 Å². The molecule has 1 aromatic heterocycles. The van der Waals surface area contributed by atoms with Gasteiger partial charge in [0.05, 0.1) is 0 Å². The second-order valence-corrected chi connectivity index (χ2v) is 1.74. The van der Waals surface area contributed by atoms with Crippen molar-refractivity contribution in [3.05, 3.63) is 18.0 Å². The Kier molecular flexibility index (Phi) is 1.72. The molecule has 1 rings (SSSR count). The van der Waals surface area contributed by atoms with E-state index in [1.807, 2.05) is 0 Å². The Morgan fingerprint density at radius 3 is 3.00 bits per heavy atom. The summed E-state index contributed by atoms with van der Waals surface area (Å²) in [6, 6.07) is 3.47. The van der Waals surface area contributed by atoms with Gasteiger partial charge in [-0.1, -0.05) is 0 Å². The van der Waals surface area contributed by atoms with Crippen molar-refractivity contribution in [2.45, 2.75) is 0 Å². The Labute approximate surface area is 58.9 Å². The Morgan fingerprint density at radius 1 is 1.70 bits per heavy atom. The third-order valence-corrected chi connectivity index (χ3v) is 0.960. The van der Waals surface area contributed by atoms with Gasteiger partial charge in [-0.05, 0) is 12.0 Å². The molecule has 1 aromatic rings. The summed E-state index contributed by atoms with van der Waals surface area (Å²) in [6.45, 7) is 0. The maximum absolute atomic E-state index is 8.08. The zero-order valence-corrected chi connectivity index (χ0v) is 5.50. The third kappa shape index (κ3) is 1.37. The first-order chi connectivity index (χ1) is 4.83. The first-order valence-corrected chi connectivity index (χ1v) is 2.72. The molecule has 0 amide bonds. The van der Waals surface area contributed by atoms with Gasteiger partial charge in [-0.25, -0.2) is 0 Å². The quantitative estimate of drug-likeness (QED) is 0.475. The van der Waals surface area contributed by atoms with Crippen LogP contribution in [0.1, 0.15) is 5.69 Å². The minimum Gasteiger partial charge on any atom is -0.275 e. The summed E-state index contributed by atoms with van der Waals surface area (Å²) in [7, 11) is 1.80. The van der Waals surface area contributed by atoms with Crippen molar-refractivity contribution >= 4 is 0 Å². The molecule has 0 saturated carbocycles. The molecule has 1 heterocycles. The van der Waals surface area contributed by atoms with E-state index in [1.165, 1.54) is 0 Å². The van der Waals surface area contributed by atoms with E-state index in [9.17, 15) is 0 Å². The van der Waals surface area contributed by atoms with E-state index in [0.29, 0.717) is 5.69 Å². The van der Waals surface area contributed by atoms with Gasteiger partial charge in [0, 0.05) is 19.2 Å². The van der Waals surface area contributed by atoms with Gasteiger partial charge in [-0.2, -0.15) is 10.4 Å². The van der Waals surface area contributed by atoms with Crippen LogP contribution in [0.4, 0.5) is 0 Å². The minimum atomic E-state index is 0.629. The number of nitrogens with zero attached hydrogens (tertiary/aromatic N) is 3. The molecule has 0 spiro atoms. The van der Waals surface area contributed by atoms with Crippen LogP contribution in [0.3, 0.4) is 0 Å². The second-order valence-electron chi connectivity index (χ2n) is 1.74. The average molecular weight is 131 g/mol. The van der Waals surface area contributed by atoms with Gasteiger partial charge in [-0.15, -0.1) is 0 Å². The number of rotatable bonds is 0. The lowest BCUT2D eigenvalue weighted by Gasteiger charge is -1.79. The number of aromatic nitrogens is 2. The van der Waals surface area contributed by atoms with E-state index in [1.54, 1.807) is 30.1 Å². The molecular formula is C7H5N3. The average Bonchev–Trinajstić information content (AvgIpc) is 2.31. The monoisotopic (exact) mass is 131 g/mol. The fourth-order valence-electron chi connectivity index (χ4n) is 0.574. The third-order valence-electron chi connectivity index (χ3n) is 0.960. The highest BCUT2D eigenvalue weighted by Gasteiger charge is 1.87. The van der Waals surface area contributed by atoms with Crippen molar-refractivity contribution in [1.29, 1.82) is 5.26 Å². The molecule has 3 heteroatoms. The molecule has 0 saturated heterocycles. The van der Waals surface area contributed by atoms with Crippen molar-refractivity contribution in [3.63, 3.8) is 0 Å². The number of hydrogen-bond acceptors (Lipinski definition) is 2. The van der Waals surface area contributed by atoms with E-state index in [0.717, 1.165) is 0 Å². The van der Waals surface area contributed by atoms with Gasteiger partial charge in [0.1, 0.15) is 5.69 Å². The molecule has 10 heavy (non-hydrogen) atoms. The van der Waals surface area contributed by atoms with Crippen LogP contribution in [0.2, 0.25) is 0 Å². The summed E-state index contributed by atoms with van der Waals surface area (Å²) in [4.78, 5) is 0. The molecule has 0 radical (unpaired) electrons. The van der Waals surface area contributed by atoms with Gasteiger partial charge < -0.3 is 0 Å². The van der Waals surface area contributed by atoms with Crippen molar-refractivity contribution in [1.82, 2.24) is 9.78 Å². The maximum atomic E-state index is 8.08. The molecule has 0 atom stereocenters. The second kappa shape index (κ2) is 2.70. The zero-order chi connectivity index (χ0) is 7.40. The van der Waals surface area contributed by atoms with Crippen molar-refractivity contribution in [2.24, 2.45) is 7.05 Å². The smallest absolute Gasteiger partial charge is 0.152 e. The summed E-state index contributed by atoms with van der Waals surface area (Å²) < 4.78 is 1.64. The van der Waals surface area contributed by atoms with Gasteiger partial charge in [0.15, 0.2) is 6.07 Å². The van der Waals surface area contributed by atoms with Crippen molar-refractivity contribution in [2.75, 3.05) is 0 Å². The van der Waals surface area contributed by atoms with Crippen LogP contribution >= 0.6 is 0 Å². The van der Waals surface area contributed by atoms with Crippen LogP contribution in [0.5, 0.6) is 0 Å². The van der Waals surface area contributed by atoms with E-state index >= 15 is 0 Å². The molecular weight excluding hydrogens is 126 g/mol. The number of nitriles is 1. The Morgan fingerprint density at radius 2 is 2.50 bits per heavy atom. The Bertz CT molecular complexity index is 319. The normalized spacial score (nSPS) is 7.60. The largest absolute Gasteiger partial charge is 0.275 e. The highest BCUT2D eigenvalue weighted by molar-refractivity contribution is 5.31. The predicted octanol–water partition coefficient (Wildman–Crippen LogP) is 0.295. The molecule has 0 N–H and O–H groups in total. The Hall–Kier alpha value is -1.74. The van der Waals surface area contributed by atoms with Crippen LogP contribution in [0, 0.1) is 23.2 Å². The summed E-state index contributed by atoms with van der Waals surface area (Å²) in [6.07, 6.45) is 1.78. The maximum Gasteiger partial charge on any atom is 0.152 e. The van der Waals surface area contributed by atoms with E-state index in [-0.39, 0.29) is 0 Å². The minimum absolute atomic E-state index is 0.629. The van der Waals surface area contributed by atoms with Gasteiger partial charge in [-0.3, -0.25) is 4.68 Å². The van der Waals surface area contributed by atoms with Gasteiger partial charge >= 0.3 is 0 Å². The summed E-state index contributed by atoms with van der Waals surface area (Å²) in [5, 5.41) is 12.0. The van der Waals surface area contributed by atoms with Crippen molar-refractivity contribution in [3.8, 4) is 17.9 Å². The Balaban J connectivity index is 2.89. The SMILES string of the molecule is Cn1ccc(C#CC#N)n1. The molecule has 0 aliphatic carbocycles. The first-order valence-electron chi connectivity index (χ1n) is 2.72. The number of aryl methyl sites for hydroxylation is 1. The molecule has 0 bridgehead atoms. The molecule has 48 valence electrons. The number of hydrogen-bond donors (Lipinski definition) is 0. The topological polar surface area (TPSA) is 41.6 Å². The molecule has 0 aliphatic rings. The van der Waals surface area contributed by atoms with Crippen molar-refractivity contribution < 1.29 is 0 Å². The lowest BCUT2D eigenvalue weighted by molar-refractivity contribution is 0.764. The van der Waals surface area contributed by atoms with Gasteiger partial charge in [0.2, 0.25) is 0 Å². The zero-order valence-electron chi connectivity index (χ0n) is 5.50. The highest BCUT2D eigenvalue weighted by atomic mass is 15.2.